The van der Waals surface area contributed by atoms with Gasteiger partial charge >= 0.3 is 0 Å². The van der Waals surface area contributed by atoms with Gasteiger partial charge in [-0.05, 0) is 53.4 Å². The molecule has 9 heteroatoms. The standard InChI is InChI=1S/C32H36N2O7/c1-20-16-22(12-13-24(20)41-19-21-10-8-7-9-11-21)29(35)27-28(34(15-14-33(2)3)32(37)30(27)36)23-17-25(38-4)31(40-6)26(18-23)39-5/h7-13,16-18,28,35H,14-15,19H2,1-6H3. The fraction of sp³-hybridized carbons (Fsp3) is 0.312. The minimum Gasteiger partial charge on any atom is -0.872 e. The normalized spacial score (nSPS) is 16.3. The average molecular weight is 561 g/mol. The molecule has 0 bridgehead atoms. The number of likely N-dealkylation sites (tertiary alicyclic amines) is 1. The highest BCUT2D eigenvalue weighted by molar-refractivity contribution is 6.46. The summed E-state index contributed by atoms with van der Waals surface area (Å²) in [6.07, 6.45) is 0. The molecule has 3 aromatic rings. The van der Waals surface area contributed by atoms with E-state index in [0.29, 0.717) is 47.3 Å². The highest BCUT2D eigenvalue weighted by atomic mass is 16.5. The number of likely N-dealkylation sites (N-methyl/N-ethyl adjacent to an activating group) is 1. The van der Waals surface area contributed by atoms with Gasteiger partial charge in [-0.3, -0.25) is 9.59 Å². The lowest BCUT2D eigenvalue weighted by atomic mass is 9.94. The van der Waals surface area contributed by atoms with Crippen LogP contribution in [-0.4, -0.2) is 65.1 Å². The summed E-state index contributed by atoms with van der Waals surface area (Å²) >= 11 is 0. The van der Waals surface area contributed by atoms with Gasteiger partial charge < -0.3 is 33.9 Å². The van der Waals surface area contributed by atoms with Gasteiger partial charge in [0.05, 0.1) is 54.6 Å². The van der Waals surface area contributed by atoms with Crippen molar-refractivity contribution in [2.24, 2.45) is 0 Å². The Labute approximate surface area is 240 Å². The van der Waals surface area contributed by atoms with Gasteiger partial charge in [0, 0.05) is 5.57 Å². The summed E-state index contributed by atoms with van der Waals surface area (Å²) in [5.74, 6) is -0.338. The van der Waals surface area contributed by atoms with Crippen LogP contribution in [0.5, 0.6) is 23.0 Å². The summed E-state index contributed by atoms with van der Waals surface area (Å²) in [6, 6.07) is 17.2. The number of benzene rings is 3. The van der Waals surface area contributed by atoms with E-state index in [1.54, 1.807) is 30.3 Å². The van der Waals surface area contributed by atoms with Gasteiger partial charge in [0.15, 0.2) is 11.5 Å². The second-order valence-electron chi connectivity index (χ2n) is 10.1. The highest BCUT2D eigenvalue weighted by Crippen LogP contribution is 2.45. The maximum atomic E-state index is 14.0. The predicted octanol–water partition coefficient (Wildman–Crippen LogP) is 1.97. The van der Waals surface area contributed by atoms with Gasteiger partial charge in [-0.1, -0.05) is 42.2 Å². The largest absolute Gasteiger partial charge is 0.872 e. The Balaban J connectivity index is 1.79. The first-order chi connectivity index (χ1) is 19.7. The molecule has 1 heterocycles. The first-order valence-corrected chi connectivity index (χ1v) is 13.3. The van der Waals surface area contributed by atoms with Crippen LogP contribution in [-0.2, 0) is 16.2 Å². The first kappa shape index (κ1) is 29.5. The van der Waals surface area contributed by atoms with Crippen molar-refractivity contribution in [3.8, 4) is 23.0 Å². The molecule has 0 saturated carbocycles. The Morgan fingerprint density at radius 3 is 2.12 bits per heavy atom. The van der Waals surface area contributed by atoms with Crippen LogP contribution in [0.4, 0.5) is 0 Å². The monoisotopic (exact) mass is 560 g/mol. The average Bonchev–Trinajstić information content (AvgIpc) is 3.23. The lowest BCUT2D eigenvalue weighted by molar-refractivity contribution is -0.857. The van der Waals surface area contributed by atoms with Crippen molar-refractivity contribution in [3.63, 3.8) is 0 Å². The van der Waals surface area contributed by atoms with E-state index in [4.69, 9.17) is 18.9 Å². The molecule has 1 unspecified atom stereocenters. The number of aryl methyl sites for hydroxylation is 1. The first-order valence-electron chi connectivity index (χ1n) is 13.3. The van der Waals surface area contributed by atoms with Gasteiger partial charge in [0.1, 0.15) is 12.4 Å². The number of rotatable bonds is 11. The van der Waals surface area contributed by atoms with E-state index >= 15 is 0 Å². The number of ketones is 1. The van der Waals surface area contributed by atoms with Crippen molar-refractivity contribution < 1.29 is 38.5 Å². The van der Waals surface area contributed by atoms with E-state index in [0.717, 1.165) is 16.0 Å². The zero-order valence-electron chi connectivity index (χ0n) is 24.3. The van der Waals surface area contributed by atoms with Gasteiger partial charge in [0.2, 0.25) is 11.5 Å². The summed E-state index contributed by atoms with van der Waals surface area (Å²) in [5.41, 5.74) is 2.45. The summed E-state index contributed by atoms with van der Waals surface area (Å²) in [5, 5.41) is 14.0. The molecule has 0 spiro atoms. The van der Waals surface area contributed by atoms with Crippen LogP contribution in [0.2, 0.25) is 0 Å². The highest BCUT2D eigenvalue weighted by Gasteiger charge is 2.45. The Morgan fingerprint density at radius 1 is 0.902 bits per heavy atom. The van der Waals surface area contributed by atoms with Crippen LogP contribution in [0, 0.1) is 6.92 Å². The van der Waals surface area contributed by atoms with E-state index in [1.807, 2.05) is 51.4 Å². The third-order valence-corrected chi connectivity index (χ3v) is 7.06. The number of amides is 1. The van der Waals surface area contributed by atoms with Crippen LogP contribution in [0.15, 0.2) is 66.2 Å². The van der Waals surface area contributed by atoms with Crippen molar-refractivity contribution in [3.05, 3.63) is 88.5 Å². The van der Waals surface area contributed by atoms with E-state index in [9.17, 15) is 14.7 Å². The quantitative estimate of drug-likeness (QED) is 0.217. The van der Waals surface area contributed by atoms with E-state index < -0.39 is 23.5 Å². The lowest BCUT2D eigenvalue weighted by Crippen LogP contribution is -3.06. The third kappa shape index (κ3) is 6.15. The Morgan fingerprint density at radius 2 is 1.56 bits per heavy atom. The van der Waals surface area contributed by atoms with E-state index in [1.165, 1.54) is 26.2 Å². The number of carbonyl (C=O) groups excluding carboxylic acids is 2. The lowest BCUT2D eigenvalue weighted by Gasteiger charge is -2.28. The SMILES string of the molecule is COc1cc(C2C(=C([O-])c3ccc(OCc4ccccc4)c(C)c3)C(=O)C(=O)N2CC[NH+](C)C)cc(OC)c1OC. The molecule has 0 aromatic heterocycles. The van der Waals surface area contributed by atoms with E-state index in [2.05, 4.69) is 0 Å². The summed E-state index contributed by atoms with van der Waals surface area (Å²) in [6.45, 7) is 3.07. The number of ether oxygens (including phenoxy) is 4. The number of hydrogen-bond acceptors (Lipinski definition) is 7. The van der Waals surface area contributed by atoms with Crippen molar-refractivity contribution in [2.45, 2.75) is 19.6 Å². The molecule has 1 aliphatic heterocycles. The molecule has 1 saturated heterocycles. The Kier molecular flexibility index (Phi) is 9.19. The summed E-state index contributed by atoms with van der Waals surface area (Å²) in [7, 11) is 8.37. The second-order valence-corrected chi connectivity index (χ2v) is 10.1. The maximum absolute atomic E-state index is 14.0. The van der Waals surface area contributed by atoms with Crippen LogP contribution >= 0.6 is 0 Å². The zero-order chi connectivity index (χ0) is 29.7. The van der Waals surface area contributed by atoms with Gasteiger partial charge in [-0.15, -0.1) is 0 Å². The Hall–Kier alpha value is -4.50. The molecule has 41 heavy (non-hydrogen) atoms. The minimum atomic E-state index is -0.926. The van der Waals surface area contributed by atoms with E-state index in [-0.39, 0.29) is 12.1 Å². The topological polar surface area (TPSA) is 102 Å². The van der Waals surface area contributed by atoms with Gasteiger partial charge in [-0.2, -0.15) is 0 Å². The minimum absolute atomic E-state index is 0.115. The molecule has 0 radical (unpaired) electrons. The molecule has 9 nitrogen and oxygen atoms in total. The van der Waals surface area contributed by atoms with Crippen LogP contribution in [0.3, 0.4) is 0 Å². The number of Topliss-reactive ketones (excluding diaryl/α,β-unsaturated/α-hetero) is 1. The molecular formula is C32H36N2O7. The maximum Gasteiger partial charge on any atom is 0.295 e. The number of quaternary nitrogens is 1. The van der Waals surface area contributed by atoms with Crippen molar-refractivity contribution in [1.29, 1.82) is 0 Å². The van der Waals surface area contributed by atoms with Crippen molar-refractivity contribution in [1.82, 2.24) is 4.90 Å². The Bertz CT molecular complexity index is 1420. The number of nitrogens with one attached hydrogen (secondary N) is 1. The third-order valence-electron chi connectivity index (χ3n) is 7.06. The summed E-state index contributed by atoms with van der Waals surface area (Å²) < 4.78 is 22.5. The van der Waals surface area contributed by atoms with Crippen molar-refractivity contribution in [2.75, 3.05) is 48.5 Å². The molecular weight excluding hydrogens is 524 g/mol. The molecule has 1 amide bonds. The molecule has 1 N–H and O–H groups in total. The molecule has 1 fully saturated rings. The second kappa shape index (κ2) is 12.8. The zero-order valence-corrected chi connectivity index (χ0v) is 24.3. The number of hydrogen-bond donors (Lipinski definition) is 1. The molecule has 3 aromatic carbocycles. The van der Waals surface area contributed by atoms with Crippen LogP contribution in [0.1, 0.15) is 28.3 Å². The van der Waals surface area contributed by atoms with Crippen molar-refractivity contribution >= 4 is 17.4 Å². The van der Waals surface area contributed by atoms with Gasteiger partial charge in [0.25, 0.3) is 5.91 Å². The molecule has 4 rings (SSSR count). The summed E-state index contributed by atoms with van der Waals surface area (Å²) in [4.78, 5) is 29.3. The molecule has 1 atom stereocenters. The molecule has 216 valence electrons. The van der Waals surface area contributed by atoms with Gasteiger partial charge in [-0.25, -0.2) is 0 Å². The van der Waals surface area contributed by atoms with Crippen LogP contribution < -0.4 is 29.0 Å². The van der Waals surface area contributed by atoms with Crippen LogP contribution in [0.25, 0.3) is 5.76 Å². The number of nitrogens with zero attached hydrogens (tertiary/aromatic N) is 1. The fourth-order valence-corrected chi connectivity index (χ4v) is 4.89. The predicted molar refractivity (Wildman–Crippen MR) is 152 cm³/mol. The molecule has 0 aliphatic carbocycles. The smallest absolute Gasteiger partial charge is 0.295 e. The fourth-order valence-electron chi connectivity index (χ4n) is 4.89. The molecule has 1 aliphatic rings. The number of carbonyl (C=O) groups is 2. The number of methoxy groups -OCH3 is 3.